The van der Waals surface area contributed by atoms with Gasteiger partial charge in [0.05, 0.1) is 0 Å². The van der Waals surface area contributed by atoms with Crippen LogP contribution in [0.1, 0.15) is 36.2 Å². The van der Waals surface area contributed by atoms with E-state index in [2.05, 4.69) is 10.2 Å². The molecule has 0 saturated carbocycles. The quantitative estimate of drug-likeness (QED) is 0.707. The molecule has 2 aromatic rings. The maximum atomic E-state index is 11.4. The molecule has 6 heteroatoms. The lowest BCUT2D eigenvalue weighted by Crippen LogP contribution is -2.48. The van der Waals surface area contributed by atoms with Gasteiger partial charge >= 0.3 is 5.43 Å². The van der Waals surface area contributed by atoms with E-state index in [0.29, 0.717) is 6.54 Å². The van der Waals surface area contributed by atoms with Crippen LogP contribution in [0.2, 0.25) is 0 Å². The zero-order valence-corrected chi connectivity index (χ0v) is 16.0. The molecule has 2 aromatic carbocycles. The Balaban J connectivity index is 1.61. The van der Waals surface area contributed by atoms with Crippen molar-refractivity contribution in [1.29, 1.82) is 0 Å². The number of hydrogen-bond donors (Lipinski definition) is 2. The van der Waals surface area contributed by atoms with Crippen LogP contribution in [-0.4, -0.2) is 36.0 Å². The fraction of sp³-hybridized carbons (Fsp3) is 0.381. The Labute approximate surface area is 165 Å². The van der Waals surface area contributed by atoms with Crippen molar-refractivity contribution >= 4 is 17.0 Å². The minimum atomic E-state index is -0.787. The minimum Gasteiger partial charge on any atom is -0.430 e. The summed E-state index contributed by atoms with van der Waals surface area (Å²) in [6.45, 7) is 2.33. The summed E-state index contributed by atoms with van der Waals surface area (Å²) in [6, 6.07) is 20.0. The van der Waals surface area contributed by atoms with Crippen molar-refractivity contribution in [2.45, 2.75) is 31.2 Å². The topological polar surface area (TPSA) is 67.6 Å². The van der Waals surface area contributed by atoms with Gasteiger partial charge in [0.1, 0.15) is 0 Å². The number of benzene rings is 2. The van der Waals surface area contributed by atoms with Gasteiger partial charge in [0.15, 0.2) is 6.23 Å². The number of likely N-dealkylation sites (tertiary alicyclic amines) is 1. The standard InChI is InChI=1S/C21H26ClN3O2/c22-21(26)27-20(17-10-5-2-6-11-17)25-13-7-12-18(15-25)24-14-19(23)16-8-3-1-4-9-16/h1-6,8-11,18-20,24H,7,12-15,23H2/t18-,19?,20?/m0/s1. The number of nitrogens with zero attached hydrogens (tertiary/aromatic N) is 1. The van der Waals surface area contributed by atoms with E-state index in [1.807, 2.05) is 60.7 Å². The third-order valence-electron chi connectivity index (χ3n) is 4.93. The number of ether oxygens (including phenoxy) is 1. The smallest absolute Gasteiger partial charge is 0.405 e. The van der Waals surface area contributed by atoms with E-state index in [1.165, 1.54) is 0 Å². The van der Waals surface area contributed by atoms with Gasteiger partial charge in [-0.25, -0.2) is 4.79 Å². The maximum Gasteiger partial charge on any atom is 0.405 e. The third-order valence-corrected chi connectivity index (χ3v) is 5.02. The lowest BCUT2D eigenvalue weighted by molar-refractivity contribution is -0.0217. The molecule has 5 nitrogen and oxygen atoms in total. The summed E-state index contributed by atoms with van der Waals surface area (Å²) in [6.07, 6.45) is 1.61. The Morgan fingerprint density at radius 2 is 1.78 bits per heavy atom. The number of halogens is 1. The Hall–Kier alpha value is -1.92. The molecule has 1 fully saturated rings. The molecule has 3 rings (SSSR count). The average Bonchev–Trinajstić information content (AvgIpc) is 2.71. The normalized spacial score (nSPS) is 20.0. The summed E-state index contributed by atoms with van der Waals surface area (Å²) in [4.78, 5) is 13.6. The van der Waals surface area contributed by atoms with Gasteiger partial charge in [0.25, 0.3) is 0 Å². The molecule has 0 aromatic heterocycles. The van der Waals surface area contributed by atoms with E-state index in [0.717, 1.165) is 37.1 Å². The molecule has 0 bridgehead atoms. The molecule has 27 heavy (non-hydrogen) atoms. The number of carbonyl (C=O) groups is 1. The number of piperidine rings is 1. The summed E-state index contributed by atoms with van der Waals surface area (Å²) in [5.74, 6) is 0. The number of nitrogens with two attached hydrogens (primary N) is 1. The van der Waals surface area contributed by atoms with Crippen molar-refractivity contribution in [2.24, 2.45) is 5.73 Å². The highest BCUT2D eigenvalue weighted by atomic mass is 35.5. The number of nitrogens with one attached hydrogen (secondary N) is 1. The van der Waals surface area contributed by atoms with Crippen molar-refractivity contribution in [3.05, 3.63) is 71.8 Å². The molecule has 0 amide bonds. The first-order chi connectivity index (χ1) is 13.1. The lowest BCUT2D eigenvalue weighted by Gasteiger charge is -2.38. The van der Waals surface area contributed by atoms with Crippen molar-refractivity contribution in [3.63, 3.8) is 0 Å². The van der Waals surface area contributed by atoms with E-state index in [-0.39, 0.29) is 12.1 Å². The van der Waals surface area contributed by atoms with Gasteiger partial charge in [-0.15, -0.1) is 0 Å². The summed E-state index contributed by atoms with van der Waals surface area (Å²) in [7, 11) is 0. The molecule has 2 unspecified atom stereocenters. The number of carbonyl (C=O) groups excluding carboxylic acids is 1. The summed E-state index contributed by atoms with van der Waals surface area (Å²) >= 11 is 5.53. The molecule has 0 spiro atoms. The third kappa shape index (κ3) is 5.78. The lowest BCUT2D eigenvalue weighted by atomic mass is 10.0. The molecule has 1 aliphatic heterocycles. The molecule has 1 heterocycles. The van der Waals surface area contributed by atoms with Crippen molar-refractivity contribution in [1.82, 2.24) is 10.2 Å². The van der Waals surface area contributed by atoms with E-state index in [4.69, 9.17) is 22.1 Å². The SMILES string of the molecule is NC(CN[C@H]1CCCN(C(OC(=O)Cl)c2ccccc2)C1)c1ccccc1. The van der Waals surface area contributed by atoms with Crippen LogP contribution >= 0.6 is 11.6 Å². The first-order valence-electron chi connectivity index (χ1n) is 9.32. The average molecular weight is 388 g/mol. The van der Waals surface area contributed by atoms with E-state index < -0.39 is 11.7 Å². The molecule has 1 aliphatic rings. The monoisotopic (exact) mass is 387 g/mol. The Morgan fingerprint density at radius 1 is 1.15 bits per heavy atom. The van der Waals surface area contributed by atoms with Crippen molar-refractivity contribution in [3.8, 4) is 0 Å². The highest BCUT2D eigenvalue weighted by molar-refractivity contribution is 6.61. The Kier molecular flexibility index (Phi) is 7.24. The maximum absolute atomic E-state index is 11.4. The second-order valence-electron chi connectivity index (χ2n) is 6.88. The first kappa shape index (κ1) is 19.8. The van der Waals surface area contributed by atoms with E-state index in [1.54, 1.807) is 0 Å². The number of rotatable bonds is 7. The summed E-state index contributed by atoms with van der Waals surface area (Å²) in [5, 5.41) is 3.57. The van der Waals surface area contributed by atoms with Crippen LogP contribution in [0.3, 0.4) is 0 Å². The largest absolute Gasteiger partial charge is 0.430 e. The molecule has 144 valence electrons. The van der Waals surface area contributed by atoms with Gasteiger partial charge in [-0.05, 0) is 18.4 Å². The van der Waals surface area contributed by atoms with Crippen LogP contribution in [0.15, 0.2) is 60.7 Å². The second-order valence-corrected chi connectivity index (χ2v) is 7.19. The first-order valence-corrected chi connectivity index (χ1v) is 9.70. The highest BCUT2D eigenvalue weighted by Gasteiger charge is 2.29. The molecular weight excluding hydrogens is 362 g/mol. The van der Waals surface area contributed by atoms with Crippen molar-refractivity contribution in [2.75, 3.05) is 19.6 Å². The van der Waals surface area contributed by atoms with Crippen LogP contribution in [0.25, 0.3) is 0 Å². The molecule has 0 aliphatic carbocycles. The Bertz CT molecular complexity index is 714. The van der Waals surface area contributed by atoms with Crippen LogP contribution in [0.4, 0.5) is 4.79 Å². The van der Waals surface area contributed by atoms with E-state index in [9.17, 15) is 4.79 Å². The highest BCUT2D eigenvalue weighted by Crippen LogP contribution is 2.27. The predicted molar refractivity (Wildman–Crippen MR) is 107 cm³/mol. The van der Waals surface area contributed by atoms with Gasteiger partial charge in [-0.3, -0.25) is 4.90 Å². The molecule has 3 N–H and O–H groups in total. The van der Waals surface area contributed by atoms with Crippen LogP contribution in [0.5, 0.6) is 0 Å². The Morgan fingerprint density at radius 3 is 2.41 bits per heavy atom. The molecule has 1 saturated heterocycles. The molecular formula is C21H26ClN3O2. The zero-order valence-electron chi connectivity index (χ0n) is 15.3. The fourth-order valence-electron chi connectivity index (χ4n) is 3.56. The van der Waals surface area contributed by atoms with Crippen LogP contribution in [-0.2, 0) is 4.74 Å². The summed E-state index contributed by atoms with van der Waals surface area (Å²) < 4.78 is 5.42. The number of hydrogen-bond acceptors (Lipinski definition) is 5. The van der Waals surface area contributed by atoms with Crippen LogP contribution in [0, 0.1) is 0 Å². The zero-order chi connectivity index (χ0) is 19.1. The predicted octanol–water partition coefficient (Wildman–Crippen LogP) is 3.81. The molecule has 0 radical (unpaired) electrons. The van der Waals surface area contributed by atoms with Gasteiger partial charge < -0.3 is 15.8 Å². The van der Waals surface area contributed by atoms with Gasteiger partial charge in [0, 0.05) is 48.9 Å². The summed E-state index contributed by atoms with van der Waals surface area (Å²) in [5.41, 5.74) is 7.56. The van der Waals surface area contributed by atoms with Crippen molar-refractivity contribution < 1.29 is 9.53 Å². The fourth-order valence-corrected chi connectivity index (χ4v) is 3.64. The van der Waals surface area contributed by atoms with Gasteiger partial charge in [-0.2, -0.15) is 0 Å². The second kappa shape index (κ2) is 9.85. The molecule has 3 atom stereocenters. The van der Waals surface area contributed by atoms with Gasteiger partial charge in [-0.1, -0.05) is 60.7 Å². The van der Waals surface area contributed by atoms with Gasteiger partial charge in [0.2, 0.25) is 0 Å². The van der Waals surface area contributed by atoms with E-state index >= 15 is 0 Å². The van der Waals surface area contributed by atoms with Crippen LogP contribution < -0.4 is 11.1 Å². The minimum absolute atomic E-state index is 0.0489.